The second-order valence-corrected chi connectivity index (χ2v) is 7.74. The van der Waals surface area contributed by atoms with Crippen LogP contribution in [-0.4, -0.2) is 59.9 Å². The van der Waals surface area contributed by atoms with Crippen LogP contribution in [-0.2, 0) is 4.79 Å². The van der Waals surface area contributed by atoms with Crippen LogP contribution in [0.15, 0.2) is 54.4 Å². The summed E-state index contributed by atoms with van der Waals surface area (Å²) >= 11 is 0. The summed E-state index contributed by atoms with van der Waals surface area (Å²) in [5.74, 6) is 0.0373. The van der Waals surface area contributed by atoms with Crippen molar-refractivity contribution in [2.45, 2.75) is 47.1 Å². The van der Waals surface area contributed by atoms with E-state index in [0.29, 0.717) is 0 Å². The molecule has 2 aliphatic heterocycles. The first-order valence-electron chi connectivity index (χ1n) is 10.8. The summed E-state index contributed by atoms with van der Waals surface area (Å²) in [5.41, 5.74) is 4.44. The number of aryl methyl sites for hydroxylation is 1. The standard InChI is InChI=1S/C23H31N3O.C2H6/c1-18-7-5-8-21(15-18)19(2)16-23(27)26-17-22(10-9-20(26)3)25-12-6-11-24(4)13-14-25;1-2/h5,7-10,15-17,20H,6,11-14H2,1-4H3;1-2H3/b19-16+;. The molecule has 0 aliphatic carbocycles. The molecule has 0 radical (unpaired) electrons. The Balaban J connectivity index is 0.00000145. The Bertz CT molecular complexity index is 778. The van der Waals surface area contributed by atoms with Crippen molar-refractivity contribution in [2.75, 3.05) is 33.2 Å². The van der Waals surface area contributed by atoms with Gasteiger partial charge in [-0.25, -0.2) is 0 Å². The fourth-order valence-electron chi connectivity index (χ4n) is 3.62. The molecule has 2 aliphatic rings. The first-order chi connectivity index (χ1) is 13.9. The zero-order chi connectivity index (χ0) is 21.4. The summed E-state index contributed by atoms with van der Waals surface area (Å²) in [6, 6.07) is 8.35. The molecule has 1 saturated heterocycles. The van der Waals surface area contributed by atoms with E-state index >= 15 is 0 Å². The summed E-state index contributed by atoms with van der Waals surface area (Å²) in [6.45, 7) is 14.4. The van der Waals surface area contributed by atoms with E-state index < -0.39 is 0 Å². The van der Waals surface area contributed by atoms with Crippen LogP contribution >= 0.6 is 0 Å². The first kappa shape index (κ1) is 23.0. The van der Waals surface area contributed by atoms with E-state index in [9.17, 15) is 4.79 Å². The number of carbonyl (C=O) groups is 1. The topological polar surface area (TPSA) is 26.8 Å². The molecule has 158 valence electrons. The van der Waals surface area contributed by atoms with Gasteiger partial charge in [-0.3, -0.25) is 4.79 Å². The lowest BCUT2D eigenvalue weighted by Crippen LogP contribution is -2.37. The molecule has 4 nitrogen and oxygen atoms in total. The molecule has 1 atom stereocenters. The van der Waals surface area contributed by atoms with Gasteiger partial charge in [-0.15, -0.1) is 0 Å². The Labute approximate surface area is 177 Å². The monoisotopic (exact) mass is 395 g/mol. The Kier molecular flexibility index (Phi) is 8.71. The van der Waals surface area contributed by atoms with Crippen molar-refractivity contribution in [3.8, 4) is 0 Å². The zero-order valence-corrected chi connectivity index (χ0v) is 19.0. The molecule has 3 rings (SSSR count). The van der Waals surface area contributed by atoms with E-state index in [0.717, 1.165) is 49.4 Å². The Morgan fingerprint density at radius 1 is 1.14 bits per heavy atom. The van der Waals surface area contributed by atoms with Crippen LogP contribution in [0.3, 0.4) is 0 Å². The second-order valence-electron chi connectivity index (χ2n) is 7.74. The number of likely N-dealkylation sites (N-methyl/N-ethyl adjacent to an activating group) is 1. The molecule has 1 amide bonds. The van der Waals surface area contributed by atoms with Crippen LogP contribution in [0.5, 0.6) is 0 Å². The first-order valence-corrected chi connectivity index (χ1v) is 10.8. The lowest BCUT2D eigenvalue weighted by atomic mass is 10.0. The highest BCUT2D eigenvalue weighted by Crippen LogP contribution is 2.21. The van der Waals surface area contributed by atoms with Gasteiger partial charge in [0.05, 0.1) is 11.7 Å². The number of rotatable bonds is 3. The molecule has 1 unspecified atom stereocenters. The van der Waals surface area contributed by atoms with E-state index in [2.05, 4.69) is 61.0 Å². The van der Waals surface area contributed by atoms with Gasteiger partial charge in [0.25, 0.3) is 5.91 Å². The number of amides is 1. The smallest absolute Gasteiger partial charge is 0.251 e. The van der Waals surface area contributed by atoms with Gasteiger partial charge in [0.15, 0.2) is 0 Å². The lowest BCUT2D eigenvalue weighted by Gasteiger charge is -2.32. The molecule has 1 fully saturated rings. The molecule has 1 aromatic rings. The highest BCUT2D eigenvalue weighted by atomic mass is 16.2. The van der Waals surface area contributed by atoms with Gasteiger partial charge in [0.2, 0.25) is 0 Å². The number of nitrogens with zero attached hydrogens (tertiary/aromatic N) is 3. The highest BCUT2D eigenvalue weighted by molar-refractivity contribution is 5.96. The minimum Gasteiger partial charge on any atom is -0.369 e. The van der Waals surface area contributed by atoms with E-state index in [4.69, 9.17) is 0 Å². The van der Waals surface area contributed by atoms with E-state index in [1.54, 1.807) is 6.08 Å². The van der Waals surface area contributed by atoms with Crippen LogP contribution in [0, 0.1) is 6.92 Å². The van der Waals surface area contributed by atoms with Crippen LogP contribution in [0.2, 0.25) is 0 Å². The van der Waals surface area contributed by atoms with Crippen molar-refractivity contribution in [2.24, 2.45) is 0 Å². The van der Waals surface area contributed by atoms with Gasteiger partial charge in [-0.1, -0.05) is 49.8 Å². The van der Waals surface area contributed by atoms with E-state index in [1.165, 1.54) is 5.56 Å². The number of hydrogen-bond donors (Lipinski definition) is 0. The third-order valence-corrected chi connectivity index (χ3v) is 5.41. The van der Waals surface area contributed by atoms with Gasteiger partial charge >= 0.3 is 0 Å². The van der Waals surface area contributed by atoms with Crippen molar-refractivity contribution in [3.63, 3.8) is 0 Å². The maximum absolute atomic E-state index is 13.0. The van der Waals surface area contributed by atoms with E-state index in [-0.39, 0.29) is 11.9 Å². The van der Waals surface area contributed by atoms with Crippen molar-refractivity contribution in [3.05, 3.63) is 65.5 Å². The minimum absolute atomic E-state index is 0.0373. The SMILES string of the molecule is C/C(=C\C(=O)N1C=C(N2CCCN(C)CC2)C=CC1C)c1cccc(C)c1.CC. The average Bonchev–Trinajstić information content (AvgIpc) is 2.94. The second kappa shape index (κ2) is 11.0. The fraction of sp³-hybridized carbons (Fsp3) is 0.480. The van der Waals surface area contributed by atoms with Gasteiger partial charge in [-0.2, -0.15) is 0 Å². The summed E-state index contributed by atoms with van der Waals surface area (Å²) < 4.78 is 0. The van der Waals surface area contributed by atoms with Gasteiger partial charge in [0.1, 0.15) is 0 Å². The van der Waals surface area contributed by atoms with Crippen LogP contribution in [0.1, 0.15) is 45.2 Å². The molecule has 1 aromatic carbocycles. The van der Waals surface area contributed by atoms with Crippen molar-refractivity contribution < 1.29 is 4.79 Å². The maximum atomic E-state index is 13.0. The molecule has 0 N–H and O–H groups in total. The van der Waals surface area contributed by atoms with Gasteiger partial charge in [-0.05, 0) is 58.0 Å². The average molecular weight is 396 g/mol. The Morgan fingerprint density at radius 3 is 2.62 bits per heavy atom. The third-order valence-electron chi connectivity index (χ3n) is 5.41. The number of hydrogen-bond acceptors (Lipinski definition) is 3. The fourth-order valence-corrected chi connectivity index (χ4v) is 3.62. The van der Waals surface area contributed by atoms with Crippen molar-refractivity contribution >= 4 is 11.5 Å². The number of carbonyl (C=O) groups excluding carboxylic acids is 1. The Hall–Kier alpha value is -2.33. The van der Waals surface area contributed by atoms with Crippen LogP contribution in [0.4, 0.5) is 0 Å². The predicted molar refractivity (Wildman–Crippen MR) is 123 cm³/mol. The lowest BCUT2D eigenvalue weighted by molar-refractivity contribution is -0.124. The molecule has 0 saturated carbocycles. The molecule has 4 heteroatoms. The summed E-state index contributed by atoms with van der Waals surface area (Å²) in [7, 11) is 2.17. The number of benzene rings is 1. The van der Waals surface area contributed by atoms with Gasteiger partial charge < -0.3 is 14.7 Å². The van der Waals surface area contributed by atoms with Crippen molar-refractivity contribution in [1.29, 1.82) is 0 Å². The molecule has 0 aromatic heterocycles. The van der Waals surface area contributed by atoms with Crippen LogP contribution in [0.25, 0.3) is 5.57 Å². The summed E-state index contributed by atoms with van der Waals surface area (Å²) in [4.78, 5) is 19.6. The Morgan fingerprint density at radius 2 is 1.90 bits per heavy atom. The van der Waals surface area contributed by atoms with Gasteiger partial charge in [0, 0.05) is 31.9 Å². The highest BCUT2D eigenvalue weighted by Gasteiger charge is 2.22. The van der Waals surface area contributed by atoms with Crippen LogP contribution < -0.4 is 0 Å². The molecule has 2 heterocycles. The quantitative estimate of drug-likeness (QED) is 0.695. The molecule has 0 spiro atoms. The van der Waals surface area contributed by atoms with Crippen molar-refractivity contribution in [1.82, 2.24) is 14.7 Å². The normalized spacial score (nSPS) is 20.6. The predicted octanol–water partition coefficient (Wildman–Crippen LogP) is 4.69. The van der Waals surface area contributed by atoms with E-state index in [1.807, 2.05) is 37.9 Å². The number of allylic oxidation sites excluding steroid dienone is 2. The summed E-state index contributed by atoms with van der Waals surface area (Å²) in [5, 5.41) is 0. The third kappa shape index (κ3) is 6.33. The molecule has 29 heavy (non-hydrogen) atoms. The molecular formula is C25H37N3O. The maximum Gasteiger partial charge on any atom is 0.251 e. The zero-order valence-electron chi connectivity index (χ0n) is 19.0. The molecular weight excluding hydrogens is 358 g/mol. The minimum atomic E-state index is 0.0373. The largest absolute Gasteiger partial charge is 0.369 e. The summed E-state index contributed by atoms with van der Waals surface area (Å²) in [6.07, 6.45) is 9.22. The molecule has 0 bridgehead atoms.